The van der Waals surface area contributed by atoms with E-state index in [1.807, 2.05) is 53.4 Å². The van der Waals surface area contributed by atoms with E-state index in [0.717, 1.165) is 17.7 Å². The first-order chi connectivity index (χ1) is 11.6. The summed E-state index contributed by atoms with van der Waals surface area (Å²) < 4.78 is 0. The van der Waals surface area contributed by atoms with E-state index in [0.29, 0.717) is 25.1 Å². The van der Waals surface area contributed by atoms with Crippen molar-refractivity contribution in [3.05, 3.63) is 65.2 Å². The second-order valence-electron chi connectivity index (χ2n) is 6.61. The van der Waals surface area contributed by atoms with Crippen molar-refractivity contribution < 1.29 is 9.59 Å². The molecule has 4 rings (SSSR count). The lowest BCUT2D eigenvalue weighted by Crippen LogP contribution is -2.39. The number of fused-ring (bicyclic) bond motifs is 2. The number of aryl methyl sites for hydroxylation is 1. The maximum absolute atomic E-state index is 12.8. The minimum Gasteiger partial charge on any atom is -0.337 e. The Hall–Kier alpha value is -2.62. The molecule has 1 spiro atoms. The van der Waals surface area contributed by atoms with E-state index in [1.165, 1.54) is 5.56 Å². The van der Waals surface area contributed by atoms with Gasteiger partial charge in [-0.25, -0.2) is 0 Å². The Balaban J connectivity index is 1.60. The van der Waals surface area contributed by atoms with Crippen LogP contribution < -0.4 is 5.32 Å². The zero-order valence-corrected chi connectivity index (χ0v) is 13.7. The summed E-state index contributed by atoms with van der Waals surface area (Å²) in [5.41, 5.74) is 3.22. The van der Waals surface area contributed by atoms with Gasteiger partial charge in [0.2, 0.25) is 5.91 Å². The van der Waals surface area contributed by atoms with Crippen LogP contribution in [0.25, 0.3) is 0 Å². The van der Waals surface area contributed by atoms with Crippen LogP contribution in [0, 0.1) is 0 Å². The monoisotopic (exact) mass is 320 g/mol. The van der Waals surface area contributed by atoms with Crippen LogP contribution in [0.5, 0.6) is 0 Å². The molecule has 1 atom stereocenters. The number of carbonyl (C=O) groups is 2. The second-order valence-corrected chi connectivity index (χ2v) is 6.61. The summed E-state index contributed by atoms with van der Waals surface area (Å²) in [4.78, 5) is 27.2. The highest BCUT2D eigenvalue weighted by Crippen LogP contribution is 2.44. The summed E-state index contributed by atoms with van der Waals surface area (Å²) in [5.74, 6) is 0.0204. The number of likely N-dealkylation sites (tertiary alicyclic amines) is 1. The van der Waals surface area contributed by atoms with Crippen molar-refractivity contribution in [2.24, 2.45) is 0 Å². The van der Waals surface area contributed by atoms with E-state index in [2.05, 4.69) is 12.2 Å². The van der Waals surface area contributed by atoms with Crippen LogP contribution in [0.4, 0.5) is 5.69 Å². The normalized spacial score (nSPS) is 21.9. The predicted molar refractivity (Wildman–Crippen MR) is 93.1 cm³/mol. The molecule has 4 nitrogen and oxygen atoms in total. The van der Waals surface area contributed by atoms with Crippen molar-refractivity contribution in [3.8, 4) is 0 Å². The fourth-order valence-corrected chi connectivity index (χ4v) is 3.83. The lowest BCUT2D eigenvalue weighted by molar-refractivity contribution is -0.120. The molecule has 4 heteroatoms. The average Bonchev–Trinajstić information content (AvgIpc) is 3.18. The molecular formula is C20H20N2O2. The number of carbonyl (C=O) groups excluding carboxylic acids is 2. The van der Waals surface area contributed by atoms with E-state index < -0.39 is 5.41 Å². The molecule has 2 aromatic rings. The first-order valence-corrected chi connectivity index (χ1v) is 8.43. The molecule has 0 radical (unpaired) electrons. The maximum Gasteiger partial charge on any atom is 0.253 e. The van der Waals surface area contributed by atoms with Gasteiger partial charge < -0.3 is 10.2 Å². The molecule has 1 fully saturated rings. The molecule has 1 N–H and O–H groups in total. The van der Waals surface area contributed by atoms with Crippen molar-refractivity contribution in [3.63, 3.8) is 0 Å². The Morgan fingerprint density at radius 2 is 1.92 bits per heavy atom. The lowest BCUT2D eigenvalue weighted by atomic mass is 9.81. The van der Waals surface area contributed by atoms with Crippen molar-refractivity contribution >= 4 is 17.5 Å². The number of nitrogens with zero attached hydrogens (tertiary/aromatic N) is 1. The van der Waals surface area contributed by atoms with Crippen molar-refractivity contribution in [1.29, 1.82) is 0 Å². The SMILES string of the molecule is CCc1ccc(C(=O)N2CC[C@@]3(C2)C(=O)Nc2ccccc23)cc1. The second kappa shape index (κ2) is 5.48. The molecule has 0 unspecified atom stereocenters. The number of para-hydroxylation sites is 1. The van der Waals surface area contributed by atoms with Crippen molar-refractivity contribution in [2.45, 2.75) is 25.2 Å². The predicted octanol–water partition coefficient (Wildman–Crippen LogP) is 2.99. The Bertz CT molecular complexity index is 813. The smallest absolute Gasteiger partial charge is 0.253 e. The highest BCUT2D eigenvalue weighted by molar-refractivity contribution is 6.07. The minimum absolute atomic E-state index is 0.00621. The summed E-state index contributed by atoms with van der Waals surface area (Å²) >= 11 is 0. The molecule has 1 saturated heterocycles. The highest BCUT2D eigenvalue weighted by Gasteiger charge is 2.51. The summed E-state index contributed by atoms with van der Waals surface area (Å²) in [6.45, 7) is 3.15. The number of benzene rings is 2. The average molecular weight is 320 g/mol. The third kappa shape index (κ3) is 2.13. The van der Waals surface area contributed by atoms with Gasteiger partial charge in [0.15, 0.2) is 0 Å². The zero-order valence-electron chi connectivity index (χ0n) is 13.7. The number of hydrogen-bond acceptors (Lipinski definition) is 2. The van der Waals surface area contributed by atoms with Gasteiger partial charge in [-0.05, 0) is 42.2 Å². The van der Waals surface area contributed by atoms with Gasteiger partial charge in [0, 0.05) is 24.3 Å². The maximum atomic E-state index is 12.8. The summed E-state index contributed by atoms with van der Waals surface area (Å²) in [6, 6.07) is 15.6. The standard InChI is InChI=1S/C20H20N2O2/c1-2-14-7-9-15(10-8-14)18(23)22-12-11-20(13-22)16-5-3-4-6-17(16)21-19(20)24/h3-10H,2,11-13H2,1H3,(H,21,24)/t20-/m0/s1. The first kappa shape index (κ1) is 14.9. The van der Waals surface area contributed by atoms with Crippen LogP contribution in [-0.4, -0.2) is 29.8 Å². The van der Waals surface area contributed by atoms with Crippen LogP contribution >= 0.6 is 0 Å². The van der Waals surface area contributed by atoms with Gasteiger partial charge in [0.1, 0.15) is 0 Å². The number of hydrogen-bond donors (Lipinski definition) is 1. The topological polar surface area (TPSA) is 49.4 Å². The number of amides is 2. The van der Waals surface area contributed by atoms with E-state index >= 15 is 0 Å². The van der Waals surface area contributed by atoms with Gasteiger partial charge in [0.25, 0.3) is 5.91 Å². The molecule has 24 heavy (non-hydrogen) atoms. The van der Waals surface area contributed by atoms with Gasteiger partial charge in [-0.15, -0.1) is 0 Å². The van der Waals surface area contributed by atoms with E-state index in [-0.39, 0.29) is 11.8 Å². The molecule has 2 aliphatic heterocycles. The molecule has 0 aromatic heterocycles. The lowest BCUT2D eigenvalue weighted by Gasteiger charge is -2.22. The van der Waals surface area contributed by atoms with Crippen LogP contribution in [-0.2, 0) is 16.6 Å². The molecular weight excluding hydrogens is 300 g/mol. The number of nitrogens with one attached hydrogen (secondary N) is 1. The van der Waals surface area contributed by atoms with Crippen LogP contribution in [0.2, 0.25) is 0 Å². The first-order valence-electron chi connectivity index (χ1n) is 8.43. The minimum atomic E-state index is -0.588. The molecule has 2 aromatic carbocycles. The molecule has 2 heterocycles. The Morgan fingerprint density at radius 1 is 1.17 bits per heavy atom. The van der Waals surface area contributed by atoms with E-state index in [4.69, 9.17) is 0 Å². The van der Waals surface area contributed by atoms with Crippen LogP contribution in [0.3, 0.4) is 0 Å². The number of anilines is 1. The third-order valence-electron chi connectivity index (χ3n) is 5.29. The molecule has 122 valence electrons. The fraction of sp³-hybridized carbons (Fsp3) is 0.300. The molecule has 2 amide bonds. The fourth-order valence-electron chi connectivity index (χ4n) is 3.83. The molecule has 0 aliphatic carbocycles. The summed E-state index contributed by atoms with van der Waals surface area (Å²) in [7, 11) is 0. The van der Waals surface area contributed by atoms with E-state index in [1.54, 1.807) is 0 Å². The van der Waals surface area contributed by atoms with Crippen LogP contribution in [0.1, 0.15) is 34.8 Å². The van der Waals surface area contributed by atoms with Gasteiger partial charge in [-0.2, -0.15) is 0 Å². The van der Waals surface area contributed by atoms with Gasteiger partial charge in [-0.3, -0.25) is 9.59 Å². The Labute approximate surface area is 141 Å². The van der Waals surface area contributed by atoms with Crippen molar-refractivity contribution in [2.75, 3.05) is 18.4 Å². The zero-order chi connectivity index (χ0) is 16.7. The van der Waals surface area contributed by atoms with Gasteiger partial charge in [0.05, 0.1) is 5.41 Å². The molecule has 0 saturated carbocycles. The highest BCUT2D eigenvalue weighted by atomic mass is 16.2. The quantitative estimate of drug-likeness (QED) is 0.925. The Kier molecular flexibility index (Phi) is 3.41. The van der Waals surface area contributed by atoms with Crippen LogP contribution in [0.15, 0.2) is 48.5 Å². The van der Waals surface area contributed by atoms with Crippen molar-refractivity contribution in [1.82, 2.24) is 4.90 Å². The van der Waals surface area contributed by atoms with Gasteiger partial charge >= 0.3 is 0 Å². The number of rotatable bonds is 2. The Morgan fingerprint density at radius 3 is 2.67 bits per heavy atom. The third-order valence-corrected chi connectivity index (χ3v) is 5.29. The molecule has 0 bridgehead atoms. The molecule has 2 aliphatic rings. The largest absolute Gasteiger partial charge is 0.337 e. The summed E-state index contributed by atoms with van der Waals surface area (Å²) in [6.07, 6.45) is 1.63. The van der Waals surface area contributed by atoms with E-state index in [9.17, 15) is 9.59 Å². The summed E-state index contributed by atoms with van der Waals surface area (Å²) in [5, 5.41) is 2.97. The van der Waals surface area contributed by atoms with Gasteiger partial charge in [-0.1, -0.05) is 37.3 Å².